The van der Waals surface area contributed by atoms with Crippen molar-refractivity contribution in [3.63, 3.8) is 0 Å². The lowest BCUT2D eigenvalue weighted by Gasteiger charge is -2.12. The van der Waals surface area contributed by atoms with Gasteiger partial charge in [-0.2, -0.15) is 0 Å². The molecule has 8 heteroatoms. The molecule has 4 N–H and O–H groups in total. The van der Waals surface area contributed by atoms with Crippen LogP contribution < -0.4 is 11.1 Å². The summed E-state index contributed by atoms with van der Waals surface area (Å²) in [6.45, 7) is 3.67. The van der Waals surface area contributed by atoms with Gasteiger partial charge in [0.2, 0.25) is 11.8 Å². The fraction of sp³-hybridized carbons (Fsp3) is 0.538. The quantitative estimate of drug-likeness (QED) is 0.630. The predicted molar refractivity (Wildman–Crippen MR) is 74.6 cm³/mol. The number of nitrogens with one attached hydrogen (secondary N) is 1. The molecule has 0 aromatic carbocycles. The zero-order valence-electron chi connectivity index (χ0n) is 12.1. The number of carboxylic acids is 1. The second kappa shape index (κ2) is 7.53. The summed E-state index contributed by atoms with van der Waals surface area (Å²) in [7, 11) is 0. The maximum atomic E-state index is 11.8. The van der Waals surface area contributed by atoms with Crippen LogP contribution >= 0.6 is 0 Å². The molecule has 1 atom stereocenters. The molecule has 0 saturated carbocycles. The third-order valence-corrected chi connectivity index (χ3v) is 2.80. The monoisotopic (exact) mass is 296 g/mol. The molecule has 0 spiro atoms. The van der Waals surface area contributed by atoms with Crippen molar-refractivity contribution in [3.05, 3.63) is 18.2 Å². The van der Waals surface area contributed by atoms with Crippen molar-refractivity contribution in [2.75, 3.05) is 6.54 Å². The van der Waals surface area contributed by atoms with E-state index < -0.39 is 17.9 Å². The SMILES string of the molecule is CC(C)C(=O)n1cnc(C[C@H](NC(=O)CCN)C(=O)O)c1. The van der Waals surface area contributed by atoms with Crippen LogP contribution in [0.4, 0.5) is 0 Å². The van der Waals surface area contributed by atoms with Crippen molar-refractivity contribution in [2.45, 2.75) is 32.7 Å². The van der Waals surface area contributed by atoms with Crippen LogP contribution in [-0.4, -0.2) is 45.0 Å². The number of carboxylic acid groups (broad SMARTS) is 1. The number of nitrogens with zero attached hydrogens (tertiary/aromatic N) is 2. The van der Waals surface area contributed by atoms with E-state index >= 15 is 0 Å². The molecule has 1 heterocycles. The Labute approximate surface area is 122 Å². The predicted octanol–water partition coefficient (Wildman–Crippen LogP) is -0.360. The van der Waals surface area contributed by atoms with Crippen LogP contribution in [0.15, 0.2) is 12.5 Å². The van der Waals surface area contributed by atoms with Crippen molar-refractivity contribution in [2.24, 2.45) is 11.7 Å². The zero-order chi connectivity index (χ0) is 16.0. The van der Waals surface area contributed by atoms with Gasteiger partial charge in [-0.25, -0.2) is 9.78 Å². The van der Waals surface area contributed by atoms with E-state index in [1.807, 2.05) is 0 Å². The zero-order valence-corrected chi connectivity index (χ0v) is 12.1. The number of hydrogen-bond acceptors (Lipinski definition) is 5. The fourth-order valence-corrected chi connectivity index (χ4v) is 1.69. The minimum atomic E-state index is -1.16. The Balaban J connectivity index is 2.74. The van der Waals surface area contributed by atoms with Gasteiger partial charge >= 0.3 is 5.97 Å². The highest BCUT2D eigenvalue weighted by atomic mass is 16.4. The average Bonchev–Trinajstić information content (AvgIpc) is 2.85. The van der Waals surface area contributed by atoms with Crippen molar-refractivity contribution < 1.29 is 19.5 Å². The molecule has 0 aliphatic rings. The van der Waals surface area contributed by atoms with Crippen LogP contribution in [0.5, 0.6) is 0 Å². The van der Waals surface area contributed by atoms with Gasteiger partial charge in [-0.05, 0) is 0 Å². The lowest BCUT2D eigenvalue weighted by Crippen LogP contribution is -2.42. The topological polar surface area (TPSA) is 127 Å². The van der Waals surface area contributed by atoms with E-state index in [0.29, 0.717) is 5.69 Å². The van der Waals surface area contributed by atoms with Gasteiger partial charge in [0.1, 0.15) is 12.4 Å². The van der Waals surface area contributed by atoms with Crippen LogP contribution in [0.1, 0.15) is 30.8 Å². The minimum Gasteiger partial charge on any atom is -0.480 e. The Morgan fingerprint density at radius 3 is 2.62 bits per heavy atom. The van der Waals surface area contributed by atoms with Crippen molar-refractivity contribution in [1.82, 2.24) is 14.9 Å². The molecule has 1 amide bonds. The summed E-state index contributed by atoms with van der Waals surface area (Å²) < 4.78 is 1.32. The van der Waals surface area contributed by atoms with E-state index in [9.17, 15) is 14.4 Å². The minimum absolute atomic E-state index is 0.00399. The maximum absolute atomic E-state index is 11.8. The Morgan fingerprint density at radius 1 is 1.43 bits per heavy atom. The van der Waals surface area contributed by atoms with Crippen LogP contribution in [-0.2, 0) is 16.0 Å². The highest BCUT2D eigenvalue weighted by Gasteiger charge is 2.22. The van der Waals surface area contributed by atoms with E-state index in [1.165, 1.54) is 17.1 Å². The van der Waals surface area contributed by atoms with Crippen LogP contribution in [0.2, 0.25) is 0 Å². The second-order valence-electron chi connectivity index (χ2n) is 4.97. The number of nitrogens with two attached hydrogens (primary N) is 1. The Hall–Kier alpha value is -2.22. The summed E-state index contributed by atoms with van der Waals surface area (Å²) in [5.41, 5.74) is 5.66. The number of carbonyl (C=O) groups is 3. The van der Waals surface area contributed by atoms with Crippen LogP contribution in [0, 0.1) is 5.92 Å². The lowest BCUT2D eigenvalue weighted by atomic mass is 10.1. The Kier molecular flexibility index (Phi) is 6.04. The molecule has 116 valence electrons. The van der Waals surface area contributed by atoms with E-state index in [-0.39, 0.29) is 31.2 Å². The van der Waals surface area contributed by atoms with Gasteiger partial charge in [0.15, 0.2) is 0 Å². The van der Waals surface area contributed by atoms with E-state index in [2.05, 4.69) is 10.3 Å². The van der Waals surface area contributed by atoms with Crippen LogP contribution in [0.25, 0.3) is 0 Å². The summed E-state index contributed by atoms with van der Waals surface area (Å²) in [4.78, 5) is 38.3. The number of amides is 1. The summed E-state index contributed by atoms with van der Waals surface area (Å²) in [6, 6.07) is -1.10. The number of hydrogen-bond donors (Lipinski definition) is 3. The van der Waals surface area contributed by atoms with Crippen LogP contribution in [0.3, 0.4) is 0 Å². The van der Waals surface area contributed by atoms with Crippen molar-refractivity contribution >= 4 is 17.8 Å². The molecular formula is C13H20N4O4. The van der Waals surface area contributed by atoms with Crippen molar-refractivity contribution in [1.29, 1.82) is 0 Å². The molecule has 0 bridgehead atoms. The Bertz CT molecular complexity index is 524. The van der Waals surface area contributed by atoms with E-state index in [0.717, 1.165) is 0 Å². The number of aliphatic carboxylic acids is 1. The highest BCUT2D eigenvalue weighted by molar-refractivity contribution is 5.84. The normalized spacial score (nSPS) is 12.2. The molecule has 0 aliphatic heterocycles. The molecule has 0 radical (unpaired) electrons. The molecule has 0 aliphatic carbocycles. The van der Waals surface area contributed by atoms with E-state index in [4.69, 9.17) is 10.8 Å². The molecule has 0 unspecified atom stereocenters. The number of rotatable bonds is 7. The second-order valence-corrected chi connectivity index (χ2v) is 4.97. The van der Waals surface area contributed by atoms with Gasteiger partial charge in [0.05, 0.1) is 5.69 Å². The molecule has 21 heavy (non-hydrogen) atoms. The first-order valence-electron chi connectivity index (χ1n) is 6.64. The summed E-state index contributed by atoms with van der Waals surface area (Å²) >= 11 is 0. The molecule has 1 aromatic heterocycles. The summed E-state index contributed by atoms with van der Waals surface area (Å²) in [5, 5.41) is 11.5. The first-order chi connectivity index (χ1) is 9.85. The fourth-order valence-electron chi connectivity index (χ4n) is 1.69. The maximum Gasteiger partial charge on any atom is 0.326 e. The molecule has 0 saturated heterocycles. The average molecular weight is 296 g/mol. The molecule has 8 nitrogen and oxygen atoms in total. The molecule has 1 aromatic rings. The molecular weight excluding hydrogens is 276 g/mol. The van der Waals surface area contributed by atoms with Gasteiger partial charge in [-0.15, -0.1) is 0 Å². The van der Waals surface area contributed by atoms with Gasteiger partial charge < -0.3 is 16.2 Å². The number of aromatic nitrogens is 2. The standard InChI is InChI=1S/C13H20N4O4/c1-8(2)12(19)17-6-9(15-7-17)5-10(13(20)21)16-11(18)3-4-14/h6-8,10H,3-5,14H2,1-2H3,(H,16,18)(H,20,21)/t10-/m0/s1. The largest absolute Gasteiger partial charge is 0.480 e. The van der Waals surface area contributed by atoms with Gasteiger partial charge in [-0.1, -0.05) is 13.8 Å². The summed E-state index contributed by atoms with van der Waals surface area (Å²) in [6.07, 6.45) is 2.89. The molecule has 0 fully saturated rings. The van der Waals surface area contributed by atoms with Gasteiger partial charge in [-0.3, -0.25) is 14.2 Å². The third kappa shape index (κ3) is 4.99. The van der Waals surface area contributed by atoms with Crippen molar-refractivity contribution in [3.8, 4) is 0 Å². The number of carbonyl (C=O) groups excluding carboxylic acids is 2. The van der Waals surface area contributed by atoms with Gasteiger partial charge in [0, 0.05) is 31.5 Å². The van der Waals surface area contributed by atoms with Gasteiger partial charge in [0.25, 0.3) is 0 Å². The highest BCUT2D eigenvalue weighted by Crippen LogP contribution is 2.05. The third-order valence-electron chi connectivity index (χ3n) is 2.80. The first kappa shape index (κ1) is 16.8. The first-order valence-corrected chi connectivity index (χ1v) is 6.64. The molecule has 1 rings (SSSR count). The lowest BCUT2D eigenvalue weighted by molar-refractivity contribution is -0.141. The van der Waals surface area contributed by atoms with E-state index in [1.54, 1.807) is 13.8 Å². The smallest absolute Gasteiger partial charge is 0.326 e. The summed E-state index contributed by atoms with van der Waals surface area (Å²) in [5.74, 6) is -1.91. The number of imidazole rings is 1. The Morgan fingerprint density at radius 2 is 2.10 bits per heavy atom.